The largest absolute Gasteiger partial charge is 0.459 e. The van der Waals surface area contributed by atoms with Gasteiger partial charge in [0.15, 0.2) is 5.76 Å². The molecule has 1 heterocycles. The summed E-state index contributed by atoms with van der Waals surface area (Å²) in [6, 6.07) is 23.1. The number of allylic oxidation sites excluding steroid dienone is 1. The Morgan fingerprint density at radius 1 is 0.923 bits per heavy atom. The van der Waals surface area contributed by atoms with Gasteiger partial charge in [0.1, 0.15) is 0 Å². The predicted molar refractivity (Wildman–Crippen MR) is 150 cm³/mol. The molecular formula is C34H35NO4. The minimum Gasteiger partial charge on any atom is -0.459 e. The lowest BCUT2D eigenvalue weighted by Gasteiger charge is -2.31. The normalized spacial score (nSPS) is 26.5. The number of aliphatic hydroxyl groups excluding tert-OH is 1. The van der Waals surface area contributed by atoms with Gasteiger partial charge in [-0.05, 0) is 82.5 Å². The number of carbonyl (C=O) groups is 1. The minimum absolute atomic E-state index is 0.0190. The molecule has 5 heteroatoms. The summed E-state index contributed by atoms with van der Waals surface area (Å²) in [7, 11) is 0. The fraction of sp³-hybridized carbons (Fsp3) is 0.382. The van der Waals surface area contributed by atoms with Crippen LogP contribution in [0.2, 0.25) is 0 Å². The van der Waals surface area contributed by atoms with Crippen LogP contribution < -0.4 is 5.32 Å². The number of rotatable bonds is 7. The van der Waals surface area contributed by atoms with Gasteiger partial charge >= 0.3 is 0 Å². The number of carbonyl (C=O) groups excluding carboxylic acids is 1. The molecule has 0 spiro atoms. The second-order valence-corrected chi connectivity index (χ2v) is 11.7. The van der Waals surface area contributed by atoms with E-state index in [1.165, 1.54) is 47.1 Å². The molecule has 1 aliphatic heterocycles. The third-order valence-electron chi connectivity index (χ3n) is 9.26. The molecule has 3 aliphatic carbocycles. The Hall–Kier alpha value is -3.41. The first kappa shape index (κ1) is 24.6. The maximum absolute atomic E-state index is 13.5. The van der Waals surface area contributed by atoms with Crippen LogP contribution in [0.3, 0.4) is 0 Å². The lowest BCUT2D eigenvalue weighted by atomic mass is 9.87. The number of aliphatic hydroxyl groups is 1. The highest BCUT2D eigenvalue weighted by molar-refractivity contribution is 5.92. The van der Waals surface area contributed by atoms with Gasteiger partial charge in [-0.1, -0.05) is 73.2 Å². The molecule has 0 aromatic heterocycles. The SMILES string of the molecule is O=C(NC1CC2CCC1C2)C1=C[C@H](c2cccc3c2Cc2ccccc2-3)C[C@H](OCc2ccc(CO)cc2)O1. The molecule has 2 N–H and O–H groups in total. The van der Waals surface area contributed by atoms with Crippen LogP contribution >= 0.6 is 0 Å². The summed E-state index contributed by atoms with van der Waals surface area (Å²) in [5.74, 6) is 1.64. The third kappa shape index (κ3) is 4.79. The third-order valence-corrected chi connectivity index (χ3v) is 9.26. The molecule has 4 aliphatic rings. The zero-order valence-corrected chi connectivity index (χ0v) is 22.1. The van der Waals surface area contributed by atoms with Crippen LogP contribution in [0.4, 0.5) is 0 Å². The molecule has 200 valence electrons. The lowest BCUT2D eigenvalue weighted by Crippen LogP contribution is -2.41. The molecule has 5 atom stereocenters. The van der Waals surface area contributed by atoms with Gasteiger partial charge in [-0.25, -0.2) is 0 Å². The van der Waals surface area contributed by atoms with Crippen molar-refractivity contribution in [2.24, 2.45) is 11.8 Å². The zero-order valence-electron chi connectivity index (χ0n) is 22.1. The summed E-state index contributed by atoms with van der Waals surface area (Å²) < 4.78 is 12.5. The summed E-state index contributed by atoms with van der Waals surface area (Å²) in [6.45, 7) is 0.397. The van der Waals surface area contributed by atoms with E-state index in [-0.39, 0.29) is 24.5 Å². The van der Waals surface area contributed by atoms with Crippen molar-refractivity contribution in [1.29, 1.82) is 0 Å². The molecule has 2 saturated carbocycles. The van der Waals surface area contributed by atoms with E-state index in [2.05, 4.69) is 47.8 Å². The van der Waals surface area contributed by atoms with Crippen LogP contribution in [0.1, 0.15) is 65.8 Å². The molecular weight excluding hydrogens is 486 g/mol. The van der Waals surface area contributed by atoms with E-state index in [1.807, 2.05) is 30.3 Å². The number of benzene rings is 3. The minimum atomic E-state index is -0.530. The first-order chi connectivity index (χ1) is 19.1. The van der Waals surface area contributed by atoms with Crippen LogP contribution in [-0.4, -0.2) is 23.3 Å². The van der Waals surface area contributed by atoms with E-state index >= 15 is 0 Å². The number of fused-ring (bicyclic) bond motifs is 5. The van der Waals surface area contributed by atoms with Gasteiger partial charge in [-0.2, -0.15) is 0 Å². The van der Waals surface area contributed by atoms with Crippen LogP contribution in [-0.2, 0) is 33.9 Å². The highest BCUT2D eigenvalue weighted by Crippen LogP contribution is 2.45. The van der Waals surface area contributed by atoms with E-state index in [0.29, 0.717) is 24.7 Å². The van der Waals surface area contributed by atoms with Gasteiger partial charge in [0.25, 0.3) is 5.91 Å². The molecule has 3 unspecified atom stereocenters. The molecule has 2 bridgehead atoms. The lowest BCUT2D eigenvalue weighted by molar-refractivity contribution is -0.150. The standard InChI is InChI=1S/C34H35NO4/c36-19-21-8-10-22(11-9-21)20-38-33-18-26(17-32(39-33)34(37)35-31-15-23-12-13-25(31)14-23)28-6-3-7-29-27-5-2-1-4-24(27)16-30(28)29/h1-11,17,23,25-26,31,33,36H,12-16,18-20H2,(H,35,37)/t23?,25?,26-,31?,33+/m0/s1. The quantitative estimate of drug-likeness (QED) is 0.314. The fourth-order valence-corrected chi connectivity index (χ4v) is 7.26. The van der Waals surface area contributed by atoms with E-state index < -0.39 is 6.29 Å². The smallest absolute Gasteiger partial charge is 0.286 e. The average molecular weight is 522 g/mol. The summed E-state index contributed by atoms with van der Waals surface area (Å²) in [4.78, 5) is 13.5. The van der Waals surface area contributed by atoms with Gasteiger partial charge in [-0.3, -0.25) is 4.79 Å². The summed E-state index contributed by atoms with van der Waals surface area (Å²) in [5, 5.41) is 12.7. The topological polar surface area (TPSA) is 67.8 Å². The van der Waals surface area contributed by atoms with Crippen molar-refractivity contribution < 1.29 is 19.4 Å². The molecule has 3 aromatic carbocycles. The van der Waals surface area contributed by atoms with Crippen molar-refractivity contribution in [3.05, 3.63) is 106 Å². The molecule has 0 saturated heterocycles. The van der Waals surface area contributed by atoms with E-state index in [0.717, 1.165) is 29.9 Å². The zero-order chi connectivity index (χ0) is 26.3. The first-order valence-corrected chi connectivity index (χ1v) is 14.3. The highest BCUT2D eigenvalue weighted by Gasteiger charge is 2.41. The molecule has 5 nitrogen and oxygen atoms in total. The Balaban J connectivity index is 1.15. The molecule has 0 radical (unpaired) electrons. The van der Waals surface area contributed by atoms with Gasteiger partial charge in [0.2, 0.25) is 6.29 Å². The van der Waals surface area contributed by atoms with Gasteiger partial charge < -0.3 is 19.9 Å². The van der Waals surface area contributed by atoms with Gasteiger partial charge in [0.05, 0.1) is 13.2 Å². The Labute approximate surface area is 229 Å². The maximum atomic E-state index is 13.5. The number of ether oxygens (including phenoxy) is 2. The molecule has 1 amide bonds. The number of nitrogens with one attached hydrogen (secondary N) is 1. The van der Waals surface area contributed by atoms with Crippen molar-refractivity contribution in [2.75, 3.05) is 0 Å². The second-order valence-electron chi connectivity index (χ2n) is 11.7. The van der Waals surface area contributed by atoms with E-state index in [9.17, 15) is 9.90 Å². The predicted octanol–water partition coefficient (Wildman–Crippen LogP) is 5.99. The summed E-state index contributed by atoms with van der Waals surface area (Å²) in [5.41, 5.74) is 8.41. The number of amides is 1. The maximum Gasteiger partial charge on any atom is 0.286 e. The Morgan fingerprint density at radius 2 is 1.74 bits per heavy atom. The Kier molecular flexibility index (Phi) is 6.49. The van der Waals surface area contributed by atoms with Crippen molar-refractivity contribution in [3.63, 3.8) is 0 Å². The van der Waals surface area contributed by atoms with Crippen molar-refractivity contribution in [1.82, 2.24) is 5.32 Å². The fourth-order valence-electron chi connectivity index (χ4n) is 7.26. The molecule has 3 aromatic rings. The van der Waals surface area contributed by atoms with Crippen LogP contribution in [0.5, 0.6) is 0 Å². The van der Waals surface area contributed by atoms with Crippen LogP contribution in [0.15, 0.2) is 78.6 Å². The number of hydrogen-bond donors (Lipinski definition) is 2. The Bertz CT molecular complexity index is 1410. The molecule has 39 heavy (non-hydrogen) atoms. The van der Waals surface area contributed by atoms with Gasteiger partial charge in [0, 0.05) is 18.4 Å². The van der Waals surface area contributed by atoms with Gasteiger partial charge in [-0.15, -0.1) is 0 Å². The first-order valence-electron chi connectivity index (χ1n) is 14.3. The van der Waals surface area contributed by atoms with Crippen LogP contribution in [0, 0.1) is 11.8 Å². The molecule has 2 fully saturated rings. The van der Waals surface area contributed by atoms with E-state index in [1.54, 1.807) is 0 Å². The Morgan fingerprint density at radius 3 is 2.54 bits per heavy atom. The summed E-state index contributed by atoms with van der Waals surface area (Å²) in [6.07, 6.45) is 7.89. The van der Waals surface area contributed by atoms with Crippen molar-refractivity contribution in [2.45, 2.75) is 70.0 Å². The summed E-state index contributed by atoms with van der Waals surface area (Å²) >= 11 is 0. The van der Waals surface area contributed by atoms with Crippen molar-refractivity contribution >= 4 is 5.91 Å². The van der Waals surface area contributed by atoms with Crippen LogP contribution in [0.25, 0.3) is 11.1 Å². The second kappa shape index (κ2) is 10.3. The monoisotopic (exact) mass is 521 g/mol. The number of hydrogen-bond acceptors (Lipinski definition) is 4. The molecule has 7 rings (SSSR count). The van der Waals surface area contributed by atoms with E-state index in [4.69, 9.17) is 9.47 Å². The average Bonchev–Trinajstić information content (AvgIpc) is 3.70. The van der Waals surface area contributed by atoms with Crippen molar-refractivity contribution in [3.8, 4) is 11.1 Å². The highest BCUT2D eigenvalue weighted by atomic mass is 16.7.